The summed E-state index contributed by atoms with van der Waals surface area (Å²) in [7, 11) is 3.13. The number of nitrogens with zero attached hydrogens (tertiary/aromatic N) is 7. The van der Waals surface area contributed by atoms with E-state index in [4.69, 9.17) is 0 Å². The summed E-state index contributed by atoms with van der Waals surface area (Å²) < 4.78 is 56.0. The Balaban J connectivity index is 1.31. The van der Waals surface area contributed by atoms with Gasteiger partial charge >= 0.3 is 6.18 Å². The van der Waals surface area contributed by atoms with Gasteiger partial charge in [0.2, 0.25) is 23.6 Å². The van der Waals surface area contributed by atoms with Crippen molar-refractivity contribution in [3.63, 3.8) is 0 Å². The monoisotopic (exact) mass is 659 g/mol. The summed E-state index contributed by atoms with van der Waals surface area (Å²) in [5, 5.41) is 0. The van der Waals surface area contributed by atoms with Gasteiger partial charge in [-0.25, -0.2) is 9.37 Å². The Kier molecular flexibility index (Phi) is 9.57. The number of benzene rings is 1. The van der Waals surface area contributed by atoms with Crippen molar-refractivity contribution in [3.8, 4) is 0 Å². The highest BCUT2D eigenvalue weighted by Crippen LogP contribution is 2.36. The summed E-state index contributed by atoms with van der Waals surface area (Å²) in [6.45, 7) is 7.79. The number of likely N-dealkylation sites (N-methyl/N-ethyl adjacent to an activating group) is 2. The molecule has 3 saturated heterocycles. The van der Waals surface area contributed by atoms with E-state index in [1.54, 1.807) is 22.9 Å². The molecular formula is C32H37F4N7O4. The quantitative estimate of drug-likeness (QED) is 0.318. The zero-order valence-corrected chi connectivity index (χ0v) is 26.5. The van der Waals surface area contributed by atoms with Gasteiger partial charge in [0.1, 0.15) is 24.2 Å². The highest BCUT2D eigenvalue weighted by molar-refractivity contribution is 6.09. The van der Waals surface area contributed by atoms with Gasteiger partial charge in [-0.15, -0.1) is 0 Å². The molecule has 4 heterocycles. The Morgan fingerprint density at radius 3 is 2.55 bits per heavy atom. The fraction of sp³-hybridized carbons (Fsp3) is 0.469. The number of anilines is 3. The van der Waals surface area contributed by atoms with E-state index in [9.17, 15) is 32.3 Å². The van der Waals surface area contributed by atoms with Crippen molar-refractivity contribution in [1.82, 2.24) is 19.7 Å². The van der Waals surface area contributed by atoms with E-state index in [1.807, 2.05) is 0 Å². The van der Waals surface area contributed by atoms with E-state index in [0.717, 1.165) is 17.0 Å². The number of carbonyl (C=O) groups is 4. The lowest BCUT2D eigenvalue weighted by Crippen LogP contribution is -2.65. The number of para-hydroxylation sites is 1. The number of aromatic nitrogens is 1. The van der Waals surface area contributed by atoms with Crippen LogP contribution in [-0.2, 0) is 25.4 Å². The number of pyridine rings is 1. The Bertz CT molecular complexity index is 1580. The van der Waals surface area contributed by atoms with Crippen LogP contribution >= 0.6 is 0 Å². The van der Waals surface area contributed by atoms with Crippen molar-refractivity contribution in [1.29, 1.82) is 0 Å². The molecular weight excluding hydrogens is 622 g/mol. The molecule has 3 fully saturated rings. The van der Waals surface area contributed by atoms with Gasteiger partial charge in [-0.3, -0.25) is 29.0 Å². The first-order valence-corrected chi connectivity index (χ1v) is 15.3. The summed E-state index contributed by atoms with van der Waals surface area (Å²) in [5.74, 6) is -2.38. The highest BCUT2D eigenvalue weighted by Gasteiger charge is 2.42. The summed E-state index contributed by atoms with van der Waals surface area (Å²) in [6.07, 6.45) is -3.48. The van der Waals surface area contributed by atoms with Gasteiger partial charge < -0.3 is 19.6 Å². The second-order valence-electron chi connectivity index (χ2n) is 12.1. The first kappa shape index (κ1) is 33.8. The molecule has 0 aliphatic carbocycles. The second-order valence-corrected chi connectivity index (χ2v) is 12.1. The largest absolute Gasteiger partial charge is 0.416 e. The van der Waals surface area contributed by atoms with E-state index in [2.05, 4.69) is 16.5 Å². The first-order valence-electron chi connectivity index (χ1n) is 15.3. The van der Waals surface area contributed by atoms with Gasteiger partial charge in [0, 0.05) is 65.5 Å². The summed E-state index contributed by atoms with van der Waals surface area (Å²) in [4.78, 5) is 64.9. The van der Waals surface area contributed by atoms with Crippen LogP contribution in [0.4, 0.5) is 34.8 Å². The molecule has 0 N–H and O–H groups in total. The van der Waals surface area contributed by atoms with Gasteiger partial charge in [0.05, 0.1) is 23.0 Å². The van der Waals surface area contributed by atoms with Crippen molar-refractivity contribution < 1.29 is 36.7 Å². The van der Waals surface area contributed by atoms with Gasteiger partial charge in [-0.1, -0.05) is 12.6 Å². The third kappa shape index (κ3) is 6.94. The van der Waals surface area contributed by atoms with E-state index >= 15 is 4.39 Å². The summed E-state index contributed by atoms with van der Waals surface area (Å²) >= 11 is 0. The second kappa shape index (κ2) is 13.3. The predicted octanol–water partition coefficient (Wildman–Crippen LogP) is 2.68. The Morgan fingerprint density at radius 2 is 1.85 bits per heavy atom. The molecule has 47 heavy (non-hydrogen) atoms. The Morgan fingerprint density at radius 1 is 1.11 bits per heavy atom. The molecule has 11 nitrogen and oxygen atoms in total. The maximum Gasteiger partial charge on any atom is 0.416 e. The minimum atomic E-state index is -4.67. The lowest BCUT2D eigenvalue weighted by Gasteiger charge is -2.47. The number of rotatable bonds is 8. The molecule has 5 rings (SSSR count). The first-order chi connectivity index (χ1) is 22.2. The topological polar surface area (TPSA) is 101 Å². The number of halogens is 4. The maximum absolute atomic E-state index is 15.4. The molecule has 3 aliphatic rings. The Hall–Kier alpha value is -4.53. The van der Waals surface area contributed by atoms with Crippen molar-refractivity contribution in [3.05, 3.63) is 60.1 Å². The van der Waals surface area contributed by atoms with E-state index < -0.39 is 35.4 Å². The highest BCUT2D eigenvalue weighted by atomic mass is 19.4. The molecule has 0 saturated carbocycles. The third-order valence-corrected chi connectivity index (χ3v) is 8.93. The van der Waals surface area contributed by atoms with Crippen LogP contribution in [-0.4, -0.2) is 115 Å². The molecule has 1 aromatic carbocycles. The van der Waals surface area contributed by atoms with E-state index in [0.29, 0.717) is 39.3 Å². The standard InChI is InChI=1S/C32H37F4N7O4/c1-5-27(44)41-18-22-17-40(13-14-42(22)29(46)19-41)12-11-38(3)30-23(33)7-6-8-24(30)39(4)31(47)25-9-10-28(45)43(25)26-16-21(32(34,35)36)15-20(2)37-26/h5-8,15-16,22,25H,1,9-14,17-19H2,2-4H3. The molecule has 4 amide bonds. The van der Waals surface area contributed by atoms with Gasteiger partial charge in [-0.05, 0) is 43.7 Å². The lowest BCUT2D eigenvalue weighted by molar-refractivity contribution is -0.149. The zero-order valence-electron chi connectivity index (χ0n) is 26.5. The normalized spacial score (nSPS) is 20.4. The van der Waals surface area contributed by atoms with Crippen molar-refractivity contribution >= 4 is 40.8 Å². The van der Waals surface area contributed by atoms with Crippen molar-refractivity contribution in [2.45, 2.75) is 38.0 Å². The van der Waals surface area contributed by atoms with Crippen LogP contribution < -0.4 is 14.7 Å². The fourth-order valence-corrected chi connectivity index (χ4v) is 6.52. The number of hydrogen-bond acceptors (Lipinski definition) is 7. The molecule has 252 valence electrons. The maximum atomic E-state index is 15.4. The third-order valence-electron chi connectivity index (χ3n) is 8.93. The molecule has 15 heteroatoms. The van der Waals surface area contributed by atoms with Crippen LogP contribution in [0.3, 0.4) is 0 Å². The molecule has 1 aromatic heterocycles. The molecule has 2 aromatic rings. The number of amides is 4. The lowest BCUT2D eigenvalue weighted by atomic mass is 10.1. The molecule has 0 spiro atoms. The van der Waals surface area contributed by atoms with Crippen LogP contribution in [0.5, 0.6) is 0 Å². The van der Waals surface area contributed by atoms with Crippen LogP contribution in [0, 0.1) is 12.7 Å². The number of hydrogen-bond donors (Lipinski definition) is 0. The number of piperazine rings is 2. The number of aryl methyl sites for hydroxylation is 1. The number of carbonyl (C=O) groups excluding carboxylic acids is 4. The molecule has 0 bridgehead atoms. The van der Waals surface area contributed by atoms with Crippen molar-refractivity contribution in [2.24, 2.45) is 0 Å². The zero-order chi connectivity index (χ0) is 34.2. The summed E-state index contributed by atoms with van der Waals surface area (Å²) in [6, 6.07) is 4.61. The van der Waals surface area contributed by atoms with Gasteiger partial charge in [0.15, 0.2) is 0 Å². The van der Waals surface area contributed by atoms with Crippen LogP contribution in [0.15, 0.2) is 43.0 Å². The molecule has 2 unspecified atom stereocenters. The minimum absolute atomic E-state index is 0.0231. The van der Waals surface area contributed by atoms with E-state index in [-0.39, 0.29) is 60.1 Å². The van der Waals surface area contributed by atoms with E-state index in [1.165, 1.54) is 42.0 Å². The fourth-order valence-electron chi connectivity index (χ4n) is 6.52. The molecule has 3 aliphatic heterocycles. The van der Waals surface area contributed by atoms with Crippen molar-refractivity contribution in [2.75, 3.05) is 74.6 Å². The number of alkyl halides is 3. The number of fused-ring (bicyclic) bond motifs is 1. The summed E-state index contributed by atoms with van der Waals surface area (Å²) in [5.41, 5.74) is -0.567. The molecule has 2 atom stereocenters. The van der Waals surface area contributed by atoms with Crippen LogP contribution in [0.2, 0.25) is 0 Å². The van der Waals surface area contributed by atoms with Gasteiger partial charge in [0.25, 0.3) is 0 Å². The van der Waals surface area contributed by atoms with Gasteiger partial charge in [-0.2, -0.15) is 13.2 Å². The SMILES string of the molecule is C=CC(=O)N1CC(=O)N2CCN(CCN(C)c3c(F)cccc3N(C)C(=O)C3CCC(=O)N3c3cc(C(F)(F)F)cc(C)n3)CC2C1. The van der Waals surface area contributed by atoms with Crippen LogP contribution in [0.25, 0.3) is 0 Å². The average Bonchev–Trinajstić information content (AvgIpc) is 3.42. The predicted molar refractivity (Wildman–Crippen MR) is 166 cm³/mol. The van der Waals surface area contributed by atoms with Crippen LogP contribution in [0.1, 0.15) is 24.1 Å². The smallest absolute Gasteiger partial charge is 0.369 e. The molecule has 0 radical (unpaired) electrons. The minimum Gasteiger partial charge on any atom is -0.369 e. The average molecular weight is 660 g/mol. The Labute approximate surface area is 270 Å².